The van der Waals surface area contributed by atoms with E-state index in [0.29, 0.717) is 6.61 Å². The molecule has 1 heterocycles. The highest BCUT2D eigenvalue weighted by Crippen LogP contribution is 2.14. The molecule has 0 aromatic carbocycles. The van der Waals surface area contributed by atoms with E-state index < -0.39 is 0 Å². The zero-order chi connectivity index (χ0) is 10.6. The summed E-state index contributed by atoms with van der Waals surface area (Å²) in [6.07, 6.45) is 4.77. The van der Waals surface area contributed by atoms with E-state index in [1.807, 2.05) is 17.1 Å². The van der Waals surface area contributed by atoms with Crippen LogP contribution in [0.25, 0.3) is 0 Å². The number of ether oxygens (including phenoxy) is 1. The van der Waals surface area contributed by atoms with Crippen LogP contribution in [-0.4, -0.2) is 23.5 Å². The fourth-order valence-corrected chi connectivity index (χ4v) is 1.34. The van der Waals surface area contributed by atoms with Crippen molar-refractivity contribution in [2.75, 3.05) is 13.7 Å². The summed E-state index contributed by atoms with van der Waals surface area (Å²) >= 11 is 0. The molecule has 1 rings (SSSR count). The molecule has 1 aromatic rings. The molecule has 0 spiro atoms. The molecule has 4 heteroatoms. The summed E-state index contributed by atoms with van der Waals surface area (Å²) in [5, 5.41) is 4.26. The van der Waals surface area contributed by atoms with Gasteiger partial charge in [0.25, 0.3) is 0 Å². The van der Waals surface area contributed by atoms with Gasteiger partial charge in [-0.05, 0) is 13.3 Å². The van der Waals surface area contributed by atoms with Gasteiger partial charge in [-0.2, -0.15) is 5.10 Å². The van der Waals surface area contributed by atoms with Crippen LogP contribution in [-0.2, 0) is 4.74 Å². The number of aromatic nitrogens is 2. The van der Waals surface area contributed by atoms with Crippen LogP contribution >= 0.6 is 0 Å². The summed E-state index contributed by atoms with van der Waals surface area (Å²) in [6.45, 7) is 4.81. The van der Waals surface area contributed by atoms with Crippen LogP contribution in [0.4, 0.5) is 0 Å². The molecular weight excluding hydrogens is 178 g/mol. The first-order valence-electron chi connectivity index (χ1n) is 4.97. The average Bonchev–Trinajstić information content (AvgIpc) is 2.66. The zero-order valence-electron chi connectivity index (χ0n) is 9.10. The molecule has 0 saturated heterocycles. The summed E-state index contributed by atoms with van der Waals surface area (Å²) in [6, 6.07) is 0.358. The molecule has 4 nitrogen and oxygen atoms in total. The Morgan fingerprint density at radius 3 is 2.93 bits per heavy atom. The van der Waals surface area contributed by atoms with Crippen molar-refractivity contribution in [1.82, 2.24) is 9.78 Å². The van der Waals surface area contributed by atoms with Gasteiger partial charge in [-0.1, -0.05) is 6.92 Å². The number of hydrogen-bond donors (Lipinski definition) is 1. The highest BCUT2D eigenvalue weighted by atomic mass is 16.5. The van der Waals surface area contributed by atoms with Gasteiger partial charge in [0.05, 0.1) is 18.8 Å². The highest BCUT2D eigenvalue weighted by molar-refractivity contribution is 5.09. The molecule has 1 aromatic heterocycles. The molecule has 14 heavy (non-hydrogen) atoms. The molecule has 80 valence electrons. The molecule has 0 aliphatic heterocycles. The van der Waals surface area contributed by atoms with Gasteiger partial charge in [-0.15, -0.1) is 0 Å². The second-order valence-corrected chi connectivity index (χ2v) is 3.57. The van der Waals surface area contributed by atoms with E-state index in [-0.39, 0.29) is 12.1 Å². The summed E-state index contributed by atoms with van der Waals surface area (Å²) in [4.78, 5) is 0. The highest BCUT2D eigenvalue weighted by Gasteiger charge is 2.09. The third-order valence-electron chi connectivity index (χ3n) is 2.35. The Morgan fingerprint density at radius 1 is 1.64 bits per heavy atom. The van der Waals surface area contributed by atoms with Gasteiger partial charge in [-0.25, -0.2) is 0 Å². The first-order chi connectivity index (χ1) is 6.69. The minimum Gasteiger partial charge on any atom is -0.382 e. The average molecular weight is 197 g/mol. The molecule has 0 amide bonds. The van der Waals surface area contributed by atoms with Crippen LogP contribution in [0.2, 0.25) is 0 Å². The lowest BCUT2D eigenvalue weighted by Crippen LogP contribution is -2.12. The maximum Gasteiger partial charge on any atom is 0.0724 e. The van der Waals surface area contributed by atoms with Crippen LogP contribution < -0.4 is 5.73 Å². The van der Waals surface area contributed by atoms with E-state index in [4.69, 9.17) is 10.5 Å². The Morgan fingerprint density at radius 2 is 2.36 bits per heavy atom. The van der Waals surface area contributed by atoms with E-state index in [1.165, 1.54) is 0 Å². The number of nitrogens with two attached hydrogens (primary N) is 1. The maximum atomic E-state index is 5.90. The molecule has 0 aliphatic rings. The van der Waals surface area contributed by atoms with Gasteiger partial charge in [-0.3, -0.25) is 4.68 Å². The third-order valence-corrected chi connectivity index (χ3v) is 2.35. The van der Waals surface area contributed by atoms with Crippen molar-refractivity contribution in [3.05, 3.63) is 18.0 Å². The minimum absolute atomic E-state index is 0.0958. The lowest BCUT2D eigenvalue weighted by Gasteiger charge is -2.10. The Balaban J connectivity index is 2.67. The minimum atomic E-state index is 0.0958. The first kappa shape index (κ1) is 11.2. The van der Waals surface area contributed by atoms with Crippen LogP contribution in [0.5, 0.6) is 0 Å². The molecule has 0 bridgehead atoms. The van der Waals surface area contributed by atoms with Gasteiger partial charge < -0.3 is 10.5 Å². The number of nitrogens with zero attached hydrogens (tertiary/aromatic N) is 2. The second-order valence-electron chi connectivity index (χ2n) is 3.57. The lowest BCUT2D eigenvalue weighted by atomic mass is 10.1. The largest absolute Gasteiger partial charge is 0.382 e. The number of rotatable bonds is 5. The normalized spacial score (nSPS) is 15.4. The van der Waals surface area contributed by atoms with Gasteiger partial charge in [0.1, 0.15) is 0 Å². The van der Waals surface area contributed by atoms with Crippen molar-refractivity contribution < 1.29 is 4.74 Å². The molecule has 0 saturated carbocycles. The Labute approximate surface area is 85.0 Å². The predicted octanol–water partition coefficient (Wildman–Crippen LogP) is 1.50. The van der Waals surface area contributed by atoms with Crippen molar-refractivity contribution in [2.24, 2.45) is 5.73 Å². The smallest absolute Gasteiger partial charge is 0.0724 e. The van der Waals surface area contributed by atoms with Crippen molar-refractivity contribution in [1.29, 1.82) is 0 Å². The van der Waals surface area contributed by atoms with Crippen molar-refractivity contribution in [3.8, 4) is 0 Å². The Bertz CT molecular complexity index is 272. The summed E-state index contributed by atoms with van der Waals surface area (Å²) in [5.41, 5.74) is 6.99. The van der Waals surface area contributed by atoms with E-state index in [1.54, 1.807) is 7.11 Å². The quantitative estimate of drug-likeness (QED) is 0.778. The molecule has 2 N–H and O–H groups in total. The monoisotopic (exact) mass is 197 g/mol. The maximum absolute atomic E-state index is 5.90. The van der Waals surface area contributed by atoms with Crippen LogP contribution in [0.1, 0.15) is 37.9 Å². The standard InChI is InChI=1S/C10H19N3O/c1-4-10(11)9-5-12-13(6-9)8(2)7-14-3/h5-6,8,10H,4,7,11H2,1-3H3. The fourth-order valence-electron chi connectivity index (χ4n) is 1.34. The number of hydrogen-bond acceptors (Lipinski definition) is 3. The van der Waals surface area contributed by atoms with Gasteiger partial charge >= 0.3 is 0 Å². The van der Waals surface area contributed by atoms with Crippen molar-refractivity contribution in [3.63, 3.8) is 0 Å². The molecule has 0 radical (unpaired) electrons. The first-order valence-corrected chi connectivity index (χ1v) is 4.97. The summed E-state index contributed by atoms with van der Waals surface area (Å²) in [5.74, 6) is 0. The van der Waals surface area contributed by atoms with Gasteiger partial charge in [0.15, 0.2) is 0 Å². The topological polar surface area (TPSA) is 53.1 Å². The lowest BCUT2D eigenvalue weighted by molar-refractivity contribution is 0.157. The molecule has 2 unspecified atom stereocenters. The van der Waals surface area contributed by atoms with Gasteiger partial charge in [0.2, 0.25) is 0 Å². The van der Waals surface area contributed by atoms with Crippen molar-refractivity contribution >= 4 is 0 Å². The molecule has 2 atom stereocenters. The van der Waals surface area contributed by atoms with Gasteiger partial charge in [0, 0.05) is 24.9 Å². The molecule has 0 fully saturated rings. The van der Waals surface area contributed by atoms with Crippen molar-refractivity contribution in [2.45, 2.75) is 32.4 Å². The second kappa shape index (κ2) is 5.12. The number of methoxy groups -OCH3 is 1. The summed E-state index contributed by atoms with van der Waals surface area (Å²) in [7, 11) is 1.69. The third kappa shape index (κ3) is 2.56. The Hall–Kier alpha value is -0.870. The molecular formula is C10H19N3O. The zero-order valence-corrected chi connectivity index (χ0v) is 9.10. The van der Waals surface area contributed by atoms with Crippen LogP contribution in [0.3, 0.4) is 0 Å². The summed E-state index contributed by atoms with van der Waals surface area (Å²) < 4.78 is 6.96. The van der Waals surface area contributed by atoms with E-state index in [0.717, 1.165) is 12.0 Å². The van der Waals surface area contributed by atoms with E-state index in [9.17, 15) is 0 Å². The predicted molar refractivity (Wildman–Crippen MR) is 56.0 cm³/mol. The molecule has 0 aliphatic carbocycles. The SMILES string of the molecule is CCC(N)c1cnn(C(C)COC)c1. The van der Waals surface area contributed by atoms with E-state index >= 15 is 0 Å². The van der Waals surface area contributed by atoms with E-state index in [2.05, 4.69) is 18.9 Å². The Kier molecular flexibility index (Phi) is 4.10. The van der Waals surface area contributed by atoms with Crippen LogP contribution in [0.15, 0.2) is 12.4 Å². The fraction of sp³-hybridized carbons (Fsp3) is 0.700. The van der Waals surface area contributed by atoms with Crippen LogP contribution in [0, 0.1) is 0 Å².